The second kappa shape index (κ2) is 7.14. The van der Waals surface area contributed by atoms with Crippen LogP contribution in [-0.4, -0.2) is 12.5 Å². The number of hydrogen-bond acceptors (Lipinski definition) is 3. The minimum atomic E-state index is -0.332. The number of carbonyl (C=O) groups excluding carboxylic acids is 1. The third-order valence-corrected chi connectivity index (χ3v) is 5.17. The van der Waals surface area contributed by atoms with Gasteiger partial charge in [-0.2, -0.15) is 0 Å². The van der Waals surface area contributed by atoms with Crippen LogP contribution in [-0.2, 0) is 4.79 Å². The summed E-state index contributed by atoms with van der Waals surface area (Å²) in [5.74, 6) is 0.282. The van der Waals surface area contributed by atoms with Gasteiger partial charge in [0.05, 0.1) is 11.6 Å². The van der Waals surface area contributed by atoms with Gasteiger partial charge in [0.1, 0.15) is 18.2 Å². The smallest absolute Gasteiger partial charge is 0.251 e. The zero-order valence-electron chi connectivity index (χ0n) is 13.8. The second-order valence-electron chi connectivity index (χ2n) is 5.97. The van der Waals surface area contributed by atoms with E-state index in [-0.39, 0.29) is 24.4 Å². The molecular weight excluding hydrogens is 349 g/mol. The summed E-state index contributed by atoms with van der Waals surface area (Å²) < 4.78 is 19.0. The van der Waals surface area contributed by atoms with Gasteiger partial charge in [0, 0.05) is 10.4 Å². The Hall–Kier alpha value is -2.92. The number of thiophene rings is 1. The lowest BCUT2D eigenvalue weighted by Gasteiger charge is -2.21. The molecule has 5 heteroatoms. The van der Waals surface area contributed by atoms with Crippen molar-refractivity contribution < 1.29 is 13.9 Å². The highest BCUT2D eigenvalue weighted by molar-refractivity contribution is 7.10. The molecule has 1 aliphatic heterocycles. The first kappa shape index (κ1) is 16.5. The van der Waals surface area contributed by atoms with Crippen LogP contribution in [0.1, 0.15) is 22.0 Å². The van der Waals surface area contributed by atoms with E-state index in [1.807, 2.05) is 47.9 Å². The number of nitrogens with one attached hydrogen (secondary N) is 1. The number of halogens is 1. The van der Waals surface area contributed by atoms with Crippen LogP contribution in [0.2, 0.25) is 0 Å². The monoisotopic (exact) mass is 365 g/mol. The molecule has 3 aromatic rings. The maximum Gasteiger partial charge on any atom is 0.251 e. The molecule has 1 atom stereocenters. The molecule has 0 bridgehead atoms. The standard InChI is InChI=1S/C21H16FNO2S/c22-17-9-7-14(8-10-17)20(19-6-3-11-26-19)23-21(24)16-12-15-4-1-2-5-18(15)25-13-16/h1-12,20H,13H2,(H,23,24). The van der Waals surface area contributed by atoms with Gasteiger partial charge in [0.15, 0.2) is 0 Å². The van der Waals surface area contributed by atoms with Gasteiger partial charge in [-0.05, 0) is 41.3 Å². The van der Waals surface area contributed by atoms with E-state index in [0.29, 0.717) is 5.57 Å². The third kappa shape index (κ3) is 3.39. The molecule has 3 nitrogen and oxygen atoms in total. The lowest BCUT2D eigenvalue weighted by atomic mass is 10.0. The fourth-order valence-electron chi connectivity index (χ4n) is 2.90. The van der Waals surface area contributed by atoms with E-state index < -0.39 is 0 Å². The second-order valence-corrected chi connectivity index (χ2v) is 6.95. The predicted molar refractivity (Wildman–Crippen MR) is 101 cm³/mol. The first-order valence-electron chi connectivity index (χ1n) is 8.23. The highest BCUT2D eigenvalue weighted by Gasteiger charge is 2.22. The molecule has 0 fully saturated rings. The van der Waals surface area contributed by atoms with Crippen LogP contribution >= 0.6 is 11.3 Å². The normalized spacial score (nSPS) is 14.0. The minimum absolute atomic E-state index is 0.192. The number of rotatable bonds is 4. The predicted octanol–water partition coefficient (Wildman–Crippen LogP) is 4.57. The van der Waals surface area contributed by atoms with E-state index in [4.69, 9.17) is 4.74 Å². The first-order chi connectivity index (χ1) is 12.7. The summed E-state index contributed by atoms with van der Waals surface area (Å²) >= 11 is 1.55. The van der Waals surface area contributed by atoms with Crippen molar-refractivity contribution in [3.63, 3.8) is 0 Å². The van der Waals surface area contributed by atoms with E-state index in [9.17, 15) is 9.18 Å². The summed E-state index contributed by atoms with van der Waals surface area (Å²) in [6, 6.07) is 17.4. The van der Waals surface area contributed by atoms with Crippen molar-refractivity contribution in [3.8, 4) is 5.75 Å². The fourth-order valence-corrected chi connectivity index (χ4v) is 3.70. The van der Waals surface area contributed by atoms with Crippen LogP contribution < -0.4 is 10.1 Å². The molecule has 0 saturated carbocycles. The minimum Gasteiger partial charge on any atom is -0.488 e. The van der Waals surface area contributed by atoms with Crippen LogP contribution in [0.15, 0.2) is 71.6 Å². The lowest BCUT2D eigenvalue weighted by molar-refractivity contribution is -0.118. The van der Waals surface area contributed by atoms with Crippen LogP contribution in [0.5, 0.6) is 5.75 Å². The highest BCUT2D eigenvalue weighted by Crippen LogP contribution is 2.29. The van der Waals surface area contributed by atoms with Gasteiger partial charge in [-0.15, -0.1) is 11.3 Å². The largest absolute Gasteiger partial charge is 0.488 e. The van der Waals surface area contributed by atoms with Gasteiger partial charge in [0.2, 0.25) is 0 Å². The van der Waals surface area contributed by atoms with E-state index in [1.54, 1.807) is 23.5 Å². The molecular formula is C21H16FNO2S. The van der Waals surface area contributed by atoms with Crippen molar-refractivity contribution in [2.75, 3.05) is 6.61 Å². The quantitative estimate of drug-likeness (QED) is 0.736. The molecule has 1 aliphatic rings. The van der Waals surface area contributed by atoms with Crippen molar-refractivity contribution >= 4 is 23.3 Å². The van der Waals surface area contributed by atoms with E-state index in [2.05, 4.69) is 5.32 Å². The fraction of sp³-hybridized carbons (Fsp3) is 0.0952. The Morgan fingerprint density at radius 1 is 1.08 bits per heavy atom. The molecule has 0 aliphatic carbocycles. The summed E-state index contributed by atoms with van der Waals surface area (Å²) in [6.45, 7) is 0.226. The van der Waals surface area contributed by atoms with Crippen molar-refractivity contribution in [1.29, 1.82) is 0 Å². The molecule has 4 rings (SSSR count). The Bertz CT molecular complexity index is 948. The molecule has 1 amide bonds. The van der Waals surface area contributed by atoms with Crippen molar-refractivity contribution in [1.82, 2.24) is 5.32 Å². The first-order valence-corrected chi connectivity index (χ1v) is 9.11. The molecule has 1 aromatic heterocycles. The van der Waals surface area contributed by atoms with E-state index in [1.165, 1.54) is 12.1 Å². The summed E-state index contributed by atoms with van der Waals surface area (Å²) in [5, 5.41) is 5.01. The SMILES string of the molecule is O=C(NC(c1ccc(F)cc1)c1cccs1)C1=Cc2ccccc2OC1. The van der Waals surface area contributed by atoms with Gasteiger partial charge in [-0.1, -0.05) is 36.4 Å². The Morgan fingerprint density at radius 3 is 2.65 bits per heavy atom. The summed E-state index contributed by atoms with van der Waals surface area (Å²) in [5.41, 5.74) is 2.28. The number of carbonyl (C=O) groups is 1. The number of hydrogen-bond donors (Lipinski definition) is 1. The number of amides is 1. The average Bonchev–Trinajstić information content (AvgIpc) is 3.21. The summed E-state index contributed by atoms with van der Waals surface area (Å²) in [7, 11) is 0. The van der Waals surface area contributed by atoms with Crippen LogP contribution in [0.3, 0.4) is 0 Å². The lowest BCUT2D eigenvalue weighted by Crippen LogP contribution is -2.32. The Labute approximate surface area is 154 Å². The van der Waals surface area contributed by atoms with Crippen LogP contribution in [0.4, 0.5) is 4.39 Å². The van der Waals surface area contributed by atoms with E-state index in [0.717, 1.165) is 21.8 Å². The van der Waals surface area contributed by atoms with Crippen molar-refractivity contribution in [2.24, 2.45) is 0 Å². The molecule has 2 heterocycles. The Morgan fingerprint density at radius 2 is 1.88 bits per heavy atom. The molecule has 130 valence electrons. The summed E-state index contributed by atoms with van der Waals surface area (Å²) in [4.78, 5) is 13.8. The van der Waals surface area contributed by atoms with Gasteiger partial charge in [-0.25, -0.2) is 4.39 Å². The third-order valence-electron chi connectivity index (χ3n) is 4.23. The number of para-hydroxylation sites is 1. The zero-order chi connectivity index (χ0) is 17.9. The maximum absolute atomic E-state index is 13.3. The topological polar surface area (TPSA) is 38.3 Å². The van der Waals surface area contributed by atoms with Gasteiger partial charge >= 0.3 is 0 Å². The Kier molecular flexibility index (Phi) is 4.54. The number of benzene rings is 2. The number of ether oxygens (including phenoxy) is 1. The van der Waals surface area contributed by atoms with Gasteiger partial charge < -0.3 is 10.1 Å². The summed E-state index contributed by atoms with van der Waals surface area (Å²) in [6.07, 6.45) is 1.85. The molecule has 0 saturated heterocycles. The zero-order valence-corrected chi connectivity index (χ0v) is 14.6. The van der Waals surface area contributed by atoms with E-state index >= 15 is 0 Å². The van der Waals surface area contributed by atoms with Gasteiger partial charge in [-0.3, -0.25) is 4.79 Å². The molecule has 0 spiro atoms. The molecule has 1 unspecified atom stereocenters. The Balaban J connectivity index is 1.61. The van der Waals surface area contributed by atoms with Crippen molar-refractivity contribution in [3.05, 3.63) is 93.4 Å². The van der Waals surface area contributed by atoms with Gasteiger partial charge in [0.25, 0.3) is 5.91 Å². The van der Waals surface area contributed by atoms with Crippen LogP contribution in [0, 0.1) is 5.82 Å². The average molecular weight is 365 g/mol. The number of fused-ring (bicyclic) bond motifs is 1. The molecule has 0 radical (unpaired) electrons. The molecule has 1 N–H and O–H groups in total. The van der Waals surface area contributed by atoms with Crippen LogP contribution in [0.25, 0.3) is 6.08 Å². The maximum atomic E-state index is 13.3. The molecule has 26 heavy (non-hydrogen) atoms. The highest BCUT2D eigenvalue weighted by atomic mass is 32.1. The molecule has 2 aromatic carbocycles. The van der Waals surface area contributed by atoms with Crippen molar-refractivity contribution in [2.45, 2.75) is 6.04 Å².